The highest BCUT2D eigenvalue weighted by Crippen LogP contribution is 2.17. The minimum absolute atomic E-state index is 0.139. The van der Waals surface area contributed by atoms with Crippen LogP contribution < -0.4 is 5.11 Å². The summed E-state index contributed by atoms with van der Waals surface area (Å²) >= 11 is 0. The van der Waals surface area contributed by atoms with Crippen molar-refractivity contribution >= 4 is 17.9 Å². The average Bonchev–Trinajstić information content (AvgIpc) is 3.74. The number of aliphatic carboxylic acids is 1. The number of carbonyl (C=O) groups excluding carboxylic acids is 3. The number of hydrogen-bond donors (Lipinski definition) is 0. The fourth-order valence-electron chi connectivity index (χ4n) is 10.3. The molecule has 9 heteroatoms. The van der Waals surface area contributed by atoms with Crippen LogP contribution in [0.4, 0.5) is 0 Å². The number of hydrogen-bond acceptors (Lipinski definition) is 8. The first-order valence-electron chi connectivity index (χ1n) is 38.0. The maximum absolute atomic E-state index is 13.0. The average molecular weight is 1290 g/mol. The molecule has 9 nitrogen and oxygen atoms in total. The Morgan fingerprint density at radius 3 is 0.914 bits per heavy atom. The molecule has 0 aliphatic heterocycles. The van der Waals surface area contributed by atoms with E-state index in [-0.39, 0.29) is 38.6 Å². The van der Waals surface area contributed by atoms with Crippen molar-refractivity contribution in [2.24, 2.45) is 0 Å². The highest BCUT2D eigenvalue weighted by molar-refractivity contribution is 5.70. The summed E-state index contributed by atoms with van der Waals surface area (Å²) in [6.45, 7) is 4.62. The molecule has 0 aromatic carbocycles. The summed E-state index contributed by atoms with van der Waals surface area (Å²) in [5, 5.41) is 11.8. The zero-order valence-electron chi connectivity index (χ0n) is 60.6. The molecule has 2 atom stereocenters. The Hall–Kier alpha value is -4.83. The van der Waals surface area contributed by atoms with E-state index in [1.54, 1.807) is 0 Å². The van der Waals surface area contributed by atoms with E-state index in [1.165, 1.54) is 161 Å². The standard InChI is InChI=1S/C84H141NO8/c1-6-8-10-12-14-16-18-20-22-24-26-28-30-32-34-36-38-40-41-43-45-47-49-51-53-55-57-59-61-63-65-67-69-71-73-75-82(87)93-80(79-92-84(83(88)89)90-77-76-85(3,4)5)78-91-81(86)74-72-70-68-66-64-62-60-58-56-54-52-50-48-46-44-42-39-37-35-33-31-29-27-25-23-21-19-17-15-13-11-9-7-2/h8,10,14,16,19-22,25-28,31-34,38,40,43,45,49,51,55,57,80,84H,6-7,9,11-13,15,17-18,23-24,29-30,35-37,39,41-42,44,46-48,50,52-54,56,58-79H2,1-5H3/b10-8-,16-14-,21-19-,22-20-,27-25-,28-26-,33-31-,34-32-,40-38-,45-43-,51-49-,57-55-. The van der Waals surface area contributed by atoms with Crippen molar-refractivity contribution in [3.8, 4) is 0 Å². The molecular formula is C84H141NO8. The lowest BCUT2D eigenvalue weighted by molar-refractivity contribution is -0.870. The van der Waals surface area contributed by atoms with Crippen molar-refractivity contribution in [3.63, 3.8) is 0 Å². The van der Waals surface area contributed by atoms with E-state index in [0.717, 1.165) is 116 Å². The Morgan fingerprint density at radius 2 is 0.613 bits per heavy atom. The molecule has 530 valence electrons. The molecule has 0 bridgehead atoms. The second-order valence-corrected chi connectivity index (χ2v) is 26.2. The molecule has 0 aliphatic rings. The first-order valence-corrected chi connectivity index (χ1v) is 38.0. The summed E-state index contributed by atoms with van der Waals surface area (Å²) in [4.78, 5) is 37.6. The lowest BCUT2D eigenvalue weighted by Crippen LogP contribution is -2.44. The summed E-state index contributed by atoms with van der Waals surface area (Å²) in [5.74, 6) is -2.30. The van der Waals surface area contributed by atoms with Crippen LogP contribution in [0.25, 0.3) is 0 Å². The van der Waals surface area contributed by atoms with Gasteiger partial charge in [-0.25, -0.2) is 0 Å². The van der Waals surface area contributed by atoms with Crippen molar-refractivity contribution in [2.45, 2.75) is 322 Å². The number of carboxylic acid groups (broad SMARTS) is 1. The maximum atomic E-state index is 13.0. The van der Waals surface area contributed by atoms with Gasteiger partial charge in [0.15, 0.2) is 12.4 Å². The molecule has 0 saturated heterocycles. The zero-order valence-corrected chi connectivity index (χ0v) is 60.6. The van der Waals surface area contributed by atoms with Crippen molar-refractivity contribution < 1.29 is 42.9 Å². The maximum Gasteiger partial charge on any atom is 0.306 e. The Labute approximate surface area is 572 Å². The number of nitrogens with zero attached hydrogens (tertiary/aromatic N) is 1. The number of unbranched alkanes of at least 4 members (excludes halogenated alkanes) is 30. The van der Waals surface area contributed by atoms with E-state index in [9.17, 15) is 19.5 Å². The van der Waals surface area contributed by atoms with Crippen LogP contribution >= 0.6 is 0 Å². The topological polar surface area (TPSA) is 111 Å². The van der Waals surface area contributed by atoms with Crippen LogP contribution in [-0.2, 0) is 33.3 Å². The van der Waals surface area contributed by atoms with Crippen LogP contribution in [0.15, 0.2) is 146 Å². The normalized spacial score (nSPS) is 13.5. The fourth-order valence-corrected chi connectivity index (χ4v) is 10.3. The molecule has 0 saturated carbocycles. The number of esters is 2. The van der Waals surface area contributed by atoms with E-state index in [2.05, 4.69) is 160 Å². The van der Waals surface area contributed by atoms with Crippen molar-refractivity contribution in [2.75, 3.05) is 47.5 Å². The van der Waals surface area contributed by atoms with Crippen LogP contribution in [0.3, 0.4) is 0 Å². The number of carbonyl (C=O) groups is 3. The smallest absolute Gasteiger partial charge is 0.306 e. The van der Waals surface area contributed by atoms with Gasteiger partial charge in [0.2, 0.25) is 0 Å². The van der Waals surface area contributed by atoms with Gasteiger partial charge in [-0.2, -0.15) is 0 Å². The molecule has 0 aromatic rings. The third-order valence-corrected chi connectivity index (χ3v) is 16.1. The predicted octanol–water partition coefficient (Wildman–Crippen LogP) is 22.9. The summed E-state index contributed by atoms with van der Waals surface area (Å²) < 4.78 is 22.8. The lowest BCUT2D eigenvalue weighted by atomic mass is 10.0. The third-order valence-electron chi connectivity index (χ3n) is 16.1. The van der Waals surface area contributed by atoms with Crippen LogP contribution in [0.5, 0.6) is 0 Å². The van der Waals surface area contributed by atoms with Crippen LogP contribution in [0.1, 0.15) is 309 Å². The van der Waals surface area contributed by atoms with Crippen molar-refractivity contribution in [1.82, 2.24) is 0 Å². The number of quaternary nitrogens is 1. The summed E-state index contributed by atoms with van der Waals surface area (Å²) in [6.07, 6.45) is 104. The molecular weight excluding hydrogens is 1150 g/mol. The van der Waals surface area contributed by atoms with Crippen molar-refractivity contribution in [1.29, 1.82) is 0 Å². The second kappa shape index (κ2) is 73.0. The van der Waals surface area contributed by atoms with E-state index in [1.807, 2.05) is 21.1 Å². The Balaban J connectivity index is 4.14. The van der Waals surface area contributed by atoms with E-state index in [4.69, 9.17) is 18.9 Å². The van der Waals surface area contributed by atoms with E-state index < -0.39 is 24.3 Å². The van der Waals surface area contributed by atoms with Gasteiger partial charge in [0.1, 0.15) is 13.2 Å². The van der Waals surface area contributed by atoms with Gasteiger partial charge >= 0.3 is 11.9 Å². The molecule has 93 heavy (non-hydrogen) atoms. The van der Waals surface area contributed by atoms with Crippen LogP contribution in [0, 0.1) is 0 Å². The number of ether oxygens (including phenoxy) is 4. The number of carboxylic acids is 1. The fraction of sp³-hybridized carbons (Fsp3) is 0.679. The van der Waals surface area contributed by atoms with Crippen LogP contribution in [-0.4, -0.2) is 82.3 Å². The molecule has 0 rings (SSSR count). The first kappa shape index (κ1) is 88.2. The second-order valence-electron chi connectivity index (χ2n) is 26.2. The summed E-state index contributed by atoms with van der Waals surface area (Å²) in [5.41, 5.74) is 0. The summed E-state index contributed by atoms with van der Waals surface area (Å²) in [6, 6.07) is 0. The molecule has 0 radical (unpaired) electrons. The molecule has 0 N–H and O–H groups in total. The summed E-state index contributed by atoms with van der Waals surface area (Å²) in [7, 11) is 5.92. The number of rotatable bonds is 69. The minimum atomic E-state index is -1.63. The molecule has 2 unspecified atom stereocenters. The van der Waals surface area contributed by atoms with Gasteiger partial charge in [-0.3, -0.25) is 9.59 Å². The predicted molar refractivity (Wildman–Crippen MR) is 398 cm³/mol. The minimum Gasteiger partial charge on any atom is -0.545 e. The van der Waals surface area contributed by atoms with Gasteiger partial charge in [0, 0.05) is 12.8 Å². The molecule has 0 aliphatic carbocycles. The molecule has 0 heterocycles. The van der Waals surface area contributed by atoms with Gasteiger partial charge in [-0.15, -0.1) is 0 Å². The number of likely N-dealkylation sites (N-methyl/N-ethyl adjacent to an activating group) is 1. The first-order chi connectivity index (χ1) is 45.6. The zero-order chi connectivity index (χ0) is 67.5. The van der Waals surface area contributed by atoms with E-state index in [0.29, 0.717) is 17.4 Å². The van der Waals surface area contributed by atoms with Gasteiger partial charge in [-0.1, -0.05) is 320 Å². The van der Waals surface area contributed by atoms with Crippen LogP contribution in [0.2, 0.25) is 0 Å². The van der Waals surface area contributed by atoms with E-state index >= 15 is 0 Å². The third kappa shape index (κ3) is 74.4. The molecule has 0 fully saturated rings. The van der Waals surface area contributed by atoms with Gasteiger partial charge < -0.3 is 33.3 Å². The quantitative estimate of drug-likeness (QED) is 0.0195. The van der Waals surface area contributed by atoms with Gasteiger partial charge in [0.25, 0.3) is 0 Å². The Bertz CT molecular complexity index is 2040. The monoisotopic (exact) mass is 1290 g/mol. The molecule has 0 aromatic heterocycles. The van der Waals surface area contributed by atoms with Crippen molar-refractivity contribution in [3.05, 3.63) is 146 Å². The van der Waals surface area contributed by atoms with Gasteiger partial charge in [0.05, 0.1) is 40.3 Å². The number of allylic oxidation sites excluding steroid dienone is 24. The Kier molecular flexibility index (Phi) is 69.2. The SMILES string of the molecule is CC/C=C\C/C=C\C/C=C\C/C=C\C/C=C\C/C=C\C/C=C\C/C=C\C/C=C\CCCCCCCCCC(=O)OC(COC(=O)CCCCCCCCCCCCCCCCCCCC/C=C\C/C=C\C/C=C\CCCCCCC)COC(OCC[N+](C)(C)C)C(=O)[O-]. The largest absolute Gasteiger partial charge is 0.545 e. The molecule has 0 spiro atoms. The highest BCUT2D eigenvalue weighted by Gasteiger charge is 2.22. The highest BCUT2D eigenvalue weighted by atomic mass is 16.7. The van der Waals surface area contributed by atoms with Gasteiger partial charge in [-0.05, 0) is 122 Å². The molecule has 0 amide bonds. The Morgan fingerprint density at radius 1 is 0.333 bits per heavy atom. The lowest BCUT2D eigenvalue weighted by Gasteiger charge is -2.26.